The Labute approximate surface area is 125 Å². The molecule has 0 aliphatic heterocycles. The first kappa shape index (κ1) is 19.8. The molecule has 20 heavy (non-hydrogen) atoms. The smallest absolute Gasteiger partial charge is 0.0897 e. The first-order valence-electron chi connectivity index (χ1n) is 8.09. The van der Waals surface area contributed by atoms with Gasteiger partial charge in [-0.3, -0.25) is 0 Å². The van der Waals surface area contributed by atoms with E-state index in [-0.39, 0.29) is 0 Å². The van der Waals surface area contributed by atoms with E-state index in [1.54, 1.807) is 7.11 Å². The van der Waals surface area contributed by atoms with Crippen molar-refractivity contribution >= 4 is 0 Å². The van der Waals surface area contributed by atoms with Gasteiger partial charge < -0.3 is 19.9 Å². The highest BCUT2D eigenvalue weighted by molar-refractivity contribution is 4.62. The van der Waals surface area contributed by atoms with Gasteiger partial charge in [-0.1, -0.05) is 40.0 Å². The normalized spacial score (nSPS) is 16.1. The van der Waals surface area contributed by atoms with Crippen molar-refractivity contribution in [2.24, 2.45) is 11.8 Å². The third-order valence-corrected chi connectivity index (χ3v) is 3.53. The fraction of sp³-hybridized carbons (Fsp3) is 1.00. The molecule has 3 unspecified atom stereocenters. The predicted octanol–water partition coefficient (Wildman–Crippen LogP) is 2.45. The highest BCUT2D eigenvalue weighted by atomic mass is 16.5. The Bertz CT molecular complexity index is 202. The van der Waals surface area contributed by atoms with E-state index in [1.165, 1.54) is 19.3 Å². The van der Waals surface area contributed by atoms with Crippen molar-refractivity contribution in [2.45, 2.75) is 52.6 Å². The molecule has 122 valence electrons. The summed E-state index contributed by atoms with van der Waals surface area (Å²) >= 11 is 0. The third-order valence-electron chi connectivity index (χ3n) is 3.53. The molecule has 0 heterocycles. The zero-order chi connectivity index (χ0) is 15.2. The molecule has 0 aromatic rings. The minimum Gasteiger partial charge on any atom is -0.389 e. The summed E-state index contributed by atoms with van der Waals surface area (Å²) in [4.78, 5) is 0. The van der Waals surface area contributed by atoms with Crippen LogP contribution < -0.4 is 5.32 Å². The molecule has 0 amide bonds. The van der Waals surface area contributed by atoms with Crippen molar-refractivity contribution in [3.63, 3.8) is 0 Å². The van der Waals surface area contributed by atoms with Gasteiger partial charge in [-0.25, -0.2) is 0 Å². The van der Waals surface area contributed by atoms with Crippen molar-refractivity contribution in [1.29, 1.82) is 0 Å². The van der Waals surface area contributed by atoms with Crippen molar-refractivity contribution in [2.75, 3.05) is 40.0 Å². The second-order valence-electron chi connectivity index (χ2n) is 5.83. The van der Waals surface area contributed by atoms with Crippen LogP contribution >= 0.6 is 0 Å². The number of hydrogen-bond donors (Lipinski definition) is 2. The Morgan fingerprint density at radius 2 is 1.85 bits per heavy atom. The first-order chi connectivity index (χ1) is 9.63. The Balaban J connectivity index is 3.54. The van der Waals surface area contributed by atoms with Crippen LogP contribution in [0.25, 0.3) is 0 Å². The molecule has 0 saturated carbocycles. The van der Waals surface area contributed by atoms with E-state index < -0.39 is 6.10 Å². The summed E-state index contributed by atoms with van der Waals surface area (Å²) in [5.74, 6) is 1.10. The SMILES string of the molecule is CCCCC(CC)COCC(O)CNCC(C)COC. The van der Waals surface area contributed by atoms with E-state index in [9.17, 15) is 5.11 Å². The Kier molecular flexibility index (Phi) is 13.7. The molecular formula is C16H35NO3. The number of ether oxygens (including phenoxy) is 2. The van der Waals surface area contributed by atoms with E-state index in [0.29, 0.717) is 25.0 Å². The van der Waals surface area contributed by atoms with Gasteiger partial charge in [-0.2, -0.15) is 0 Å². The fourth-order valence-corrected chi connectivity index (χ4v) is 2.17. The van der Waals surface area contributed by atoms with Crippen LogP contribution in [0.3, 0.4) is 0 Å². The van der Waals surface area contributed by atoms with Gasteiger partial charge in [-0.05, 0) is 24.8 Å². The molecule has 0 aliphatic carbocycles. The Morgan fingerprint density at radius 3 is 2.45 bits per heavy atom. The minimum absolute atomic E-state index is 0.423. The number of aliphatic hydroxyl groups is 1. The van der Waals surface area contributed by atoms with Crippen LogP contribution in [0.5, 0.6) is 0 Å². The summed E-state index contributed by atoms with van der Waals surface area (Å²) < 4.78 is 10.7. The summed E-state index contributed by atoms with van der Waals surface area (Å²) in [6, 6.07) is 0. The number of hydrogen-bond acceptors (Lipinski definition) is 4. The molecule has 0 rings (SSSR count). The molecule has 0 radical (unpaired) electrons. The maximum absolute atomic E-state index is 9.83. The van der Waals surface area contributed by atoms with Crippen LogP contribution in [-0.2, 0) is 9.47 Å². The Morgan fingerprint density at radius 1 is 1.10 bits per heavy atom. The summed E-state index contributed by atoms with van der Waals surface area (Å²) in [6.45, 7) is 9.93. The third kappa shape index (κ3) is 11.6. The summed E-state index contributed by atoms with van der Waals surface area (Å²) in [6.07, 6.45) is 4.47. The predicted molar refractivity (Wildman–Crippen MR) is 84.0 cm³/mol. The molecule has 4 nitrogen and oxygen atoms in total. The van der Waals surface area contributed by atoms with Crippen molar-refractivity contribution in [1.82, 2.24) is 5.32 Å². The molecule has 0 fully saturated rings. The lowest BCUT2D eigenvalue weighted by Gasteiger charge is -2.18. The molecule has 0 aliphatic rings. The molecule has 3 atom stereocenters. The number of aliphatic hydroxyl groups excluding tert-OH is 1. The van der Waals surface area contributed by atoms with Crippen LogP contribution in [0, 0.1) is 11.8 Å². The van der Waals surface area contributed by atoms with E-state index in [0.717, 1.165) is 26.2 Å². The van der Waals surface area contributed by atoms with Gasteiger partial charge in [0.2, 0.25) is 0 Å². The van der Waals surface area contributed by atoms with E-state index in [1.807, 2.05) is 0 Å². The lowest BCUT2D eigenvalue weighted by atomic mass is 10.0. The van der Waals surface area contributed by atoms with E-state index in [2.05, 4.69) is 26.1 Å². The maximum Gasteiger partial charge on any atom is 0.0897 e. The number of unbranched alkanes of at least 4 members (excludes halogenated alkanes) is 1. The average molecular weight is 289 g/mol. The summed E-state index contributed by atoms with van der Waals surface area (Å²) in [7, 11) is 1.71. The summed E-state index contributed by atoms with van der Waals surface area (Å²) in [5, 5.41) is 13.1. The van der Waals surface area contributed by atoms with Crippen LogP contribution in [0.15, 0.2) is 0 Å². The highest BCUT2D eigenvalue weighted by Gasteiger charge is 2.09. The molecule has 0 spiro atoms. The van der Waals surface area contributed by atoms with Gasteiger partial charge >= 0.3 is 0 Å². The standard InChI is InChI=1S/C16H35NO3/c1-5-7-8-15(6-2)12-20-13-16(18)10-17-9-14(3)11-19-4/h14-18H,5-13H2,1-4H3. The van der Waals surface area contributed by atoms with Gasteiger partial charge in [0.25, 0.3) is 0 Å². The molecule has 0 aromatic heterocycles. The van der Waals surface area contributed by atoms with Gasteiger partial charge in [0.15, 0.2) is 0 Å². The second kappa shape index (κ2) is 13.8. The van der Waals surface area contributed by atoms with Crippen molar-refractivity contribution in [3.05, 3.63) is 0 Å². The lowest BCUT2D eigenvalue weighted by Crippen LogP contribution is -2.34. The second-order valence-corrected chi connectivity index (χ2v) is 5.83. The quantitative estimate of drug-likeness (QED) is 0.516. The molecule has 0 bridgehead atoms. The maximum atomic E-state index is 9.83. The van der Waals surface area contributed by atoms with Crippen LogP contribution in [0.1, 0.15) is 46.5 Å². The molecule has 4 heteroatoms. The Hall–Kier alpha value is -0.160. The van der Waals surface area contributed by atoms with Crippen LogP contribution in [-0.4, -0.2) is 51.2 Å². The van der Waals surface area contributed by atoms with Gasteiger partial charge in [0.1, 0.15) is 0 Å². The monoisotopic (exact) mass is 289 g/mol. The summed E-state index contributed by atoms with van der Waals surface area (Å²) in [5.41, 5.74) is 0. The zero-order valence-corrected chi connectivity index (χ0v) is 13.9. The number of nitrogens with one attached hydrogen (secondary N) is 1. The van der Waals surface area contributed by atoms with E-state index in [4.69, 9.17) is 9.47 Å². The first-order valence-corrected chi connectivity index (χ1v) is 8.09. The average Bonchev–Trinajstić information content (AvgIpc) is 2.43. The minimum atomic E-state index is -0.423. The van der Waals surface area contributed by atoms with Crippen LogP contribution in [0.2, 0.25) is 0 Å². The highest BCUT2D eigenvalue weighted by Crippen LogP contribution is 2.12. The van der Waals surface area contributed by atoms with Crippen LogP contribution in [0.4, 0.5) is 0 Å². The number of rotatable bonds is 14. The largest absolute Gasteiger partial charge is 0.389 e. The fourth-order valence-electron chi connectivity index (χ4n) is 2.17. The lowest BCUT2D eigenvalue weighted by molar-refractivity contribution is 0.0187. The van der Waals surface area contributed by atoms with Gasteiger partial charge in [0.05, 0.1) is 12.7 Å². The molecule has 0 aromatic carbocycles. The van der Waals surface area contributed by atoms with Gasteiger partial charge in [0, 0.05) is 26.9 Å². The van der Waals surface area contributed by atoms with E-state index >= 15 is 0 Å². The molecule has 0 saturated heterocycles. The molecular weight excluding hydrogens is 254 g/mol. The molecule has 2 N–H and O–H groups in total. The van der Waals surface area contributed by atoms with Crippen molar-refractivity contribution in [3.8, 4) is 0 Å². The van der Waals surface area contributed by atoms with Gasteiger partial charge in [-0.15, -0.1) is 0 Å². The zero-order valence-electron chi connectivity index (χ0n) is 13.9. The van der Waals surface area contributed by atoms with Crippen molar-refractivity contribution < 1.29 is 14.6 Å². The number of methoxy groups -OCH3 is 1. The topological polar surface area (TPSA) is 50.7 Å².